The molecule has 1 aromatic rings. The van der Waals surface area contributed by atoms with Crippen molar-refractivity contribution < 1.29 is 14.0 Å². The molecule has 0 spiro atoms. The summed E-state index contributed by atoms with van der Waals surface area (Å²) in [6.45, 7) is 5.63. The largest absolute Gasteiger partial charge is 0.466 e. The third-order valence-electron chi connectivity index (χ3n) is 4.27. The lowest BCUT2D eigenvalue weighted by atomic mass is 9.95. The first-order chi connectivity index (χ1) is 11.0. The molecule has 3 N–H and O–H groups in total. The molecule has 0 aromatic carbocycles. The number of aryl methyl sites for hydroxylation is 2. The highest BCUT2D eigenvalue weighted by atomic mass is 16.3. The van der Waals surface area contributed by atoms with Gasteiger partial charge in [-0.25, -0.2) is 4.79 Å². The van der Waals surface area contributed by atoms with Crippen molar-refractivity contribution >= 4 is 11.9 Å². The molecule has 1 heterocycles. The summed E-state index contributed by atoms with van der Waals surface area (Å²) in [5, 5.41) is 8.40. The molecule has 128 valence electrons. The maximum absolute atomic E-state index is 11.9. The molecular weight excluding hydrogens is 294 g/mol. The van der Waals surface area contributed by atoms with Crippen LogP contribution >= 0.6 is 0 Å². The third kappa shape index (κ3) is 5.30. The molecule has 1 atom stereocenters. The van der Waals surface area contributed by atoms with E-state index in [4.69, 9.17) is 4.42 Å². The number of hydrogen-bond acceptors (Lipinski definition) is 3. The van der Waals surface area contributed by atoms with Gasteiger partial charge in [0.2, 0.25) is 5.91 Å². The summed E-state index contributed by atoms with van der Waals surface area (Å²) in [5.41, 5.74) is 0.948. The maximum atomic E-state index is 11.9. The van der Waals surface area contributed by atoms with Gasteiger partial charge in [-0.2, -0.15) is 0 Å². The summed E-state index contributed by atoms with van der Waals surface area (Å²) in [4.78, 5) is 23.8. The predicted molar refractivity (Wildman–Crippen MR) is 88.1 cm³/mol. The second kappa shape index (κ2) is 8.04. The van der Waals surface area contributed by atoms with Crippen molar-refractivity contribution in [3.63, 3.8) is 0 Å². The number of furan rings is 1. The Labute approximate surface area is 137 Å². The van der Waals surface area contributed by atoms with Gasteiger partial charge in [-0.3, -0.25) is 4.79 Å². The molecule has 0 saturated heterocycles. The molecule has 6 heteroatoms. The highest BCUT2D eigenvalue weighted by Crippen LogP contribution is 2.21. The zero-order valence-corrected chi connectivity index (χ0v) is 14.2. The summed E-state index contributed by atoms with van der Waals surface area (Å²) in [6.07, 6.45) is 5.65. The first-order valence-corrected chi connectivity index (χ1v) is 8.36. The van der Waals surface area contributed by atoms with Gasteiger partial charge in [0, 0.05) is 11.6 Å². The van der Waals surface area contributed by atoms with Gasteiger partial charge in [0.1, 0.15) is 11.5 Å². The van der Waals surface area contributed by atoms with Crippen LogP contribution in [0.15, 0.2) is 10.5 Å². The first-order valence-electron chi connectivity index (χ1n) is 8.36. The molecule has 0 bridgehead atoms. The predicted octanol–water partition coefficient (Wildman–Crippen LogP) is 2.71. The summed E-state index contributed by atoms with van der Waals surface area (Å²) in [6, 6.07) is 1.65. The molecule has 6 nitrogen and oxygen atoms in total. The molecule has 0 unspecified atom stereocenters. The van der Waals surface area contributed by atoms with Crippen LogP contribution in [0, 0.1) is 13.8 Å². The van der Waals surface area contributed by atoms with E-state index in [9.17, 15) is 9.59 Å². The van der Waals surface area contributed by atoms with Crippen LogP contribution in [-0.2, 0) is 4.79 Å². The number of amides is 3. The van der Waals surface area contributed by atoms with E-state index < -0.39 is 0 Å². The van der Waals surface area contributed by atoms with Crippen LogP contribution < -0.4 is 16.0 Å². The van der Waals surface area contributed by atoms with Crippen molar-refractivity contribution in [2.24, 2.45) is 0 Å². The molecule has 0 radical (unpaired) electrons. The van der Waals surface area contributed by atoms with Gasteiger partial charge in [0.15, 0.2) is 0 Å². The molecule has 1 aliphatic rings. The molecular formula is C17H27N3O3. The van der Waals surface area contributed by atoms with Crippen molar-refractivity contribution in [1.82, 2.24) is 16.0 Å². The molecule has 1 fully saturated rings. The van der Waals surface area contributed by atoms with E-state index in [0.717, 1.165) is 29.9 Å². The van der Waals surface area contributed by atoms with E-state index in [-0.39, 0.29) is 30.6 Å². The average molecular weight is 321 g/mol. The Morgan fingerprint density at radius 2 is 1.96 bits per heavy atom. The molecule has 1 saturated carbocycles. The van der Waals surface area contributed by atoms with Crippen LogP contribution in [0.2, 0.25) is 0 Å². The van der Waals surface area contributed by atoms with E-state index in [1.165, 1.54) is 19.3 Å². The summed E-state index contributed by atoms with van der Waals surface area (Å²) in [7, 11) is 0. The van der Waals surface area contributed by atoms with E-state index in [1.807, 2.05) is 26.8 Å². The number of rotatable bonds is 5. The lowest BCUT2D eigenvalue weighted by Gasteiger charge is -2.23. The molecule has 3 amide bonds. The van der Waals surface area contributed by atoms with E-state index in [1.54, 1.807) is 0 Å². The Morgan fingerprint density at radius 1 is 1.26 bits per heavy atom. The van der Waals surface area contributed by atoms with Crippen molar-refractivity contribution in [1.29, 1.82) is 0 Å². The van der Waals surface area contributed by atoms with E-state index >= 15 is 0 Å². The highest BCUT2D eigenvalue weighted by molar-refractivity contribution is 5.84. The number of urea groups is 1. The molecule has 23 heavy (non-hydrogen) atoms. The van der Waals surface area contributed by atoms with Crippen LogP contribution in [0.25, 0.3) is 0 Å². The Balaban J connectivity index is 1.71. The number of nitrogens with one attached hydrogen (secondary N) is 3. The number of carbonyl (C=O) groups is 2. The summed E-state index contributed by atoms with van der Waals surface area (Å²) in [5.74, 6) is 1.48. The van der Waals surface area contributed by atoms with Crippen molar-refractivity contribution in [2.75, 3.05) is 6.54 Å². The molecule has 1 aliphatic carbocycles. The minimum absolute atomic E-state index is 0.00154. The normalized spacial score (nSPS) is 16.7. The Bertz CT molecular complexity index is 547. The number of hydrogen-bond donors (Lipinski definition) is 3. The fourth-order valence-electron chi connectivity index (χ4n) is 3.09. The fourth-order valence-corrected chi connectivity index (χ4v) is 3.09. The molecule has 0 aliphatic heterocycles. The Hall–Kier alpha value is -1.98. The van der Waals surface area contributed by atoms with Crippen molar-refractivity contribution in [2.45, 2.75) is 65.0 Å². The lowest BCUT2D eigenvalue weighted by molar-refractivity contribution is -0.121. The second-order valence-electron chi connectivity index (χ2n) is 6.32. The zero-order chi connectivity index (χ0) is 16.8. The minimum atomic E-state index is -0.352. The molecule has 2 rings (SSSR count). The van der Waals surface area contributed by atoms with Crippen molar-refractivity contribution in [3.05, 3.63) is 23.2 Å². The van der Waals surface area contributed by atoms with Crippen LogP contribution in [0.4, 0.5) is 4.79 Å². The summed E-state index contributed by atoms with van der Waals surface area (Å²) >= 11 is 0. The quantitative estimate of drug-likeness (QED) is 0.779. The third-order valence-corrected chi connectivity index (χ3v) is 4.27. The van der Waals surface area contributed by atoms with Gasteiger partial charge in [-0.15, -0.1) is 0 Å². The minimum Gasteiger partial charge on any atom is -0.466 e. The number of carbonyl (C=O) groups excluding carboxylic acids is 2. The first kappa shape index (κ1) is 17.4. The van der Waals surface area contributed by atoms with Crippen molar-refractivity contribution in [3.8, 4) is 0 Å². The second-order valence-corrected chi connectivity index (χ2v) is 6.32. The lowest BCUT2D eigenvalue weighted by Crippen LogP contribution is -2.45. The van der Waals surface area contributed by atoms with Crippen LogP contribution in [0.5, 0.6) is 0 Å². The van der Waals surface area contributed by atoms with Gasteiger partial charge < -0.3 is 20.4 Å². The summed E-state index contributed by atoms with van der Waals surface area (Å²) < 4.78 is 5.46. The van der Waals surface area contributed by atoms with Gasteiger partial charge >= 0.3 is 6.03 Å². The SMILES string of the molecule is Cc1cc([C@@H](C)NC(=O)NCC(=O)NC2CCCCC2)c(C)o1. The smallest absolute Gasteiger partial charge is 0.315 e. The topological polar surface area (TPSA) is 83.4 Å². The van der Waals surface area contributed by atoms with E-state index in [2.05, 4.69) is 16.0 Å². The van der Waals surface area contributed by atoms with Crippen LogP contribution in [0.1, 0.15) is 62.2 Å². The van der Waals surface area contributed by atoms with Gasteiger partial charge in [-0.05, 0) is 39.7 Å². The highest BCUT2D eigenvalue weighted by Gasteiger charge is 2.17. The fraction of sp³-hybridized carbons (Fsp3) is 0.647. The van der Waals surface area contributed by atoms with Gasteiger partial charge in [0.05, 0.1) is 12.6 Å². The van der Waals surface area contributed by atoms with Crippen LogP contribution in [0.3, 0.4) is 0 Å². The Kier molecular flexibility index (Phi) is 6.07. The average Bonchev–Trinajstić information content (AvgIpc) is 2.85. The van der Waals surface area contributed by atoms with Crippen LogP contribution in [-0.4, -0.2) is 24.5 Å². The standard InChI is InChI=1S/C17H27N3O3/c1-11-9-15(13(3)23-11)12(2)19-17(22)18-10-16(21)20-14-7-5-4-6-8-14/h9,12,14H,4-8,10H2,1-3H3,(H,20,21)(H2,18,19,22)/t12-/m1/s1. The monoisotopic (exact) mass is 321 g/mol. The molecule has 1 aromatic heterocycles. The van der Waals surface area contributed by atoms with Gasteiger partial charge in [0.25, 0.3) is 0 Å². The zero-order valence-electron chi connectivity index (χ0n) is 14.2. The van der Waals surface area contributed by atoms with Gasteiger partial charge in [-0.1, -0.05) is 19.3 Å². The van der Waals surface area contributed by atoms with E-state index in [0.29, 0.717) is 0 Å². The maximum Gasteiger partial charge on any atom is 0.315 e. The Morgan fingerprint density at radius 3 is 2.57 bits per heavy atom.